The SMILES string of the molecule is Cn1ncc(S(=O)(=O)F)n1. The third kappa shape index (κ3) is 1.29. The summed E-state index contributed by atoms with van der Waals surface area (Å²) in [5, 5.41) is 5.94. The molecule has 0 saturated carbocycles. The highest BCUT2D eigenvalue weighted by Gasteiger charge is 2.15. The summed E-state index contributed by atoms with van der Waals surface area (Å²) in [5.74, 6) is 0. The first-order chi connectivity index (χ1) is 4.50. The molecule has 1 aromatic heterocycles. The lowest BCUT2D eigenvalue weighted by molar-refractivity contribution is 0.542. The molecule has 10 heavy (non-hydrogen) atoms. The topological polar surface area (TPSA) is 64.8 Å². The number of aromatic nitrogens is 3. The smallest absolute Gasteiger partial charge is 0.188 e. The molecule has 0 radical (unpaired) electrons. The minimum atomic E-state index is -4.68. The molecule has 5 nitrogen and oxygen atoms in total. The Balaban J connectivity index is 3.21. The average molecular weight is 165 g/mol. The number of hydrogen-bond acceptors (Lipinski definition) is 4. The third-order valence-electron chi connectivity index (χ3n) is 0.828. The van der Waals surface area contributed by atoms with Crippen molar-refractivity contribution in [2.45, 2.75) is 5.03 Å². The third-order valence-corrected chi connectivity index (χ3v) is 1.52. The van der Waals surface area contributed by atoms with Crippen molar-refractivity contribution in [2.75, 3.05) is 0 Å². The van der Waals surface area contributed by atoms with Gasteiger partial charge in [-0.05, 0) is 0 Å². The summed E-state index contributed by atoms with van der Waals surface area (Å²) in [6, 6.07) is 0. The van der Waals surface area contributed by atoms with Gasteiger partial charge in [0.15, 0.2) is 0 Å². The first-order valence-corrected chi connectivity index (χ1v) is 3.69. The number of halogens is 1. The van der Waals surface area contributed by atoms with Crippen molar-refractivity contribution >= 4 is 10.2 Å². The van der Waals surface area contributed by atoms with E-state index in [4.69, 9.17) is 0 Å². The fraction of sp³-hybridized carbons (Fsp3) is 0.333. The molecule has 1 rings (SSSR count). The van der Waals surface area contributed by atoms with Crippen molar-refractivity contribution in [3.05, 3.63) is 6.20 Å². The van der Waals surface area contributed by atoms with Crippen LogP contribution in [0.5, 0.6) is 0 Å². The van der Waals surface area contributed by atoms with E-state index >= 15 is 0 Å². The number of rotatable bonds is 1. The Morgan fingerprint density at radius 2 is 2.30 bits per heavy atom. The fourth-order valence-electron chi connectivity index (χ4n) is 0.439. The van der Waals surface area contributed by atoms with E-state index < -0.39 is 15.2 Å². The van der Waals surface area contributed by atoms with Crippen LogP contribution in [0.1, 0.15) is 0 Å². The van der Waals surface area contributed by atoms with Crippen LogP contribution in [0.4, 0.5) is 3.89 Å². The summed E-state index contributed by atoms with van der Waals surface area (Å²) in [6.07, 6.45) is 0.843. The van der Waals surface area contributed by atoms with Gasteiger partial charge in [0.05, 0.1) is 6.20 Å². The van der Waals surface area contributed by atoms with E-state index in [1.807, 2.05) is 0 Å². The maximum Gasteiger partial charge on any atom is 0.353 e. The Morgan fingerprint density at radius 1 is 1.70 bits per heavy atom. The second-order valence-corrected chi connectivity index (χ2v) is 2.90. The fourth-order valence-corrected chi connectivity index (χ4v) is 0.828. The van der Waals surface area contributed by atoms with Crippen LogP contribution in [0, 0.1) is 0 Å². The molecule has 0 unspecified atom stereocenters. The van der Waals surface area contributed by atoms with Gasteiger partial charge in [0.2, 0.25) is 5.03 Å². The molecule has 0 atom stereocenters. The van der Waals surface area contributed by atoms with Gasteiger partial charge in [-0.2, -0.15) is 18.3 Å². The van der Waals surface area contributed by atoms with Gasteiger partial charge in [-0.15, -0.1) is 5.10 Å². The van der Waals surface area contributed by atoms with E-state index in [0.717, 1.165) is 11.0 Å². The monoisotopic (exact) mass is 165 g/mol. The van der Waals surface area contributed by atoms with Crippen LogP contribution >= 0.6 is 0 Å². The summed E-state index contributed by atoms with van der Waals surface area (Å²) in [4.78, 5) is 0.965. The van der Waals surface area contributed by atoms with E-state index in [-0.39, 0.29) is 0 Å². The minimum Gasteiger partial charge on any atom is -0.188 e. The molecule has 56 valence electrons. The van der Waals surface area contributed by atoms with Crippen LogP contribution in [0.15, 0.2) is 11.2 Å². The molecule has 0 aliphatic heterocycles. The van der Waals surface area contributed by atoms with Crippen LogP contribution in [0.3, 0.4) is 0 Å². The lowest BCUT2D eigenvalue weighted by Crippen LogP contribution is -1.96. The van der Waals surface area contributed by atoms with E-state index in [2.05, 4.69) is 10.2 Å². The molecule has 0 N–H and O–H groups in total. The first kappa shape index (κ1) is 7.13. The van der Waals surface area contributed by atoms with Gasteiger partial charge >= 0.3 is 10.2 Å². The standard InChI is InChI=1S/C3H4FN3O2S/c1-7-5-2-3(6-7)10(4,8)9/h2H,1H3. The number of nitrogens with zero attached hydrogens (tertiary/aromatic N) is 3. The van der Waals surface area contributed by atoms with Gasteiger partial charge in [-0.25, -0.2) is 0 Å². The molecule has 0 fully saturated rings. The normalized spacial score (nSPS) is 11.8. The summed E-state index contributed by atoms with van der Waals surface area (Å²) in [7, 11) is -3.28. The number of aryl methyl sites for hydroxylation is 1. The molecule has 0 aromatic carbocycles. The maximum atomic E-state index is 12.0. The van der Waals surface area contributed by atoms with Crippen molar-refractivity contribution in [2.24, 2.45) is 7.05 Å². The largest absolute Gasteiger partial charge is 0.353 e. The van der Waals surface area contributed by atoms with Gasteiger partial charge in [-0.1, -0.05) is 3.89 Å². The van der Waals surface area contributed by atoms with E-state index in [1.54, 1.807) is 0 Å². The van der Waals surface area contributed by atoms with Crippen molar-refractivity contribution in [1.82, 2.24) is 15.0 Å². The predicted molar refractivity (Wildman–Crippen MR) is 29.3 cm³/mol. The van der Waals surface area contributed by atoms with Crippen LogP contribution < -0.4 is 0 Å². The Morgan fingerprint density at radius 3 is 2.50 bits per heavy atom. The average Bonchev–Trinajstić information content (AvgIpc) is 2.11. The molecule has 0 amide bonds. The maximum absolute atomic E-state index is 12.0. The molecular weight excluding hydrogens is 161 g/mol. The van der Waals surface area contributed by atoms with E-state index in [1.165, 1.54) is 7.05 Å². The molecule has 0 aliphatic carbocycles. The Hall–Kier alpha value is -0.980. The predicted octanol–water partition coefficient (Wildman–Crippen LogP) is -0.527. The Labute approximate surface area is 56.7 Å². The zero-order valence-electron chi connectivity index (χ0n) is 5.02. The van der Waals surface area contributed by atoms with Gasteiger partial charge in [0.25, 0.3) is 0 Å². The summed E-state index contributed by atoms with van der Waals surface area (Å²) in [5.41, 5.74) is 0. The van der Waals surface area contributed by atoms with Crippen molar-refractivity contribution in [1.29, 1.82) is 0 Å². The van der Waals surface area contributed by atoms with E-state index in [9.17, 15) is 12.3 Å². The van der Waals surface area contributed by atoms with Gasteiger partial charge in [-0.3, -0.25) is 0 Å². The zero-order valence-corrected chi connectivity index (χ0v) is 5.84. The van der Waals surface area contributed by atoms with Crippen molar-refractivity contribution in [3.8, 4) is 0 Å². The van der Waals surface area contributed by atoms with Crippen LogP contribution in [-0.4, -0.2) is 23.4 Å². The lowest BCUT2D eigenvalue weighted by Gasteiger charge is -1.81. The molecule has 0 aliphatic rings. The summed E-state index contributed by atoms with van der Waals surface area (Å²) < 4.78 is 32.1. The molecule has 1 aromatic rings. The first-order valence-electron chi connectivity index (χ1n) is 2.31. The van der Waals surface area contributed by atoms with Crippen LogP contribution in [0.25, 0.3) is 0 Å². The molecule has 0 spiro atoms. The second kappa shape index (κ2) is 2.01. The molecule has 0 saturated heterocycles. The van der Waals surface area contributed by atoms with Gasteiger partial charge in [0.1, 0.15) is 0 Å². The molecule has 1 heterocycles. The van der Waals surface area contributed by atoms with Gasteiger partial charge < -0.3 is 0 Å². The van der Waals surface area contributed by atoms with E-state index in [0.29, 0.717) is 0 Å². The molecule has 7 heteroatoms. The second-order valence-electron chi connectivity index (χ2n) is 1.61. The molecular formula is C3H4FN3O2S. The Bertz CT molecular complexity index is 329. The highest BCUT2D eigenvalue weighted by molar-refractivity contribution is 7.86. The summed E-state index contributed by atoms with van der Waals surface area (Å²) >= 11 is 0. The highest BCUT2D eigenvalue weighted by Crippen LogP contribution is 2.04. The molecule has 0 bridgehead atoms. The Kier molecular flexibility index (Phi) is 1.43. The zero-order chi connectivity index (χ0) is 7.78. The van der Waals surface area contributed by atoms with Crippen molar-refractivity contribution in [3.63, 3.8) is 0 Å². The quantitative estimate of drug-likeness (QED) is 0.525. The van der Waals surface area contributed by atoms with Gasteiger partial charge in [0, 0.05) is 7.05 Å². The number of hydrogen-bond donors (Lipinski definition) is 0. The minimum absolute atomic E-state index is 0.657. The highest BCUT2D eigenvalue weighted by atomic mass is 32.3. The van der Waals surface area contributed by atoms with Crippen LogP contribution in [0.2, 0.25) is 0 Å². The summed E-state index contributed by atoms with van der Waals surface area (Å²) in [6.45, 7) is 0. The van der Waals surface area contributed by atoms with Crippen LogP contribution in [-0.2, 0) is 17.3 Å². The van der Waals surface area contributed by atoms with Crippen molar-refractivity contribution < 1.29 is 12.3 Å². The lowest BCUT2D eigenvalue weighted by atomic mass is 11.0.